The van der Waals surface area contributed by atoms with E-state index in [1.165, 1.54) is 0 Å². The Morgan fingerprint density at radius 2 is 1.56 bits per heavy atom. The second-order valence-corrected chi connectivity index (χ2v) is 9.36. The van der Waals surface area contributed by atoms with Crippen LogP contribution in [0.1, 0.15) is 10.4 Å². The topological polar surface area (TPSA) is 43.9 Å². The Kier molecular flexibility index (Phi) is 6.69. The fourth-order valence-electron chi connectivity index (χ4n) is 3.84. The molecule has 2 aromatic carbocycles. The van der Waals surface area contributed by atoms with E-state index in [1.807, 2.05) is 36.4 Å². The summed E-state index contributed by atoms with van der Waals surface area (Å²) in [4.78, 5) is 30.7. The minimum atomic E-state index is -4.83. The zero-order chi connectivity index (χ0) is 22.9. The third-order valence-electron chi connectivity index (χ3n) is 5.64. The van der Waals surface area contributed by atoms with Crippen LogP contribution in [0.4, 0.5) is 13.2 Å². The monoisotopic (exact) mass is 483 g/mol. The van der Waals surface area contributed by atoms with Gasteiger partial charge in [0.15, 0.2) is 0 Å². The Morgan fingerprint density at radius 3 is 2.16 bits per heavy atom. The summed E-state index contributed by atoms with van der Waals surface area (Å²) in [6.07, 6.45) is -4.83. The number of alkyl halides is 3. The number of carbonyl (C=O) groups is 2. The molecule has 0 N–H and O–H groups in total. The Balaban J connectivity index is 1.25. The lowest BCUT2D eigenvalue weighted by Gasteiger charge is -2.48. The molecule has 0 bridgehead atoms. The van der Waals surface area contributed by atoms with Crippen LogP contribution in [0.5, 0.6) is 0 Å². The van der Waals surface area contributed by atoms with Crippen LogP contribution in [0.3, 0.4) is 0 Å². The lowest BCUT2D eigenvalue weighted by molar-refractivity contribution is -0.187. The summed E-state index contributed by atoms with van der Waals surface area (Å²) >= 11 is 7.57. The second-order valence-electron chi connectivity index (χ2n) is 7.77. The van der Waals surface area contributed by atoms with Gasteiger partial charge in [0.2, 0.25) is 0 Å². The average Bonchev–Trinajstić information content (AvgIpc) is 2.72. The zero-order valence-electron chi connectivity index (χ0n) is 17.0. The molecular formula is C22H21ClF3N3O2S. The normalized spacial score (nSPS) is 17.9. The van der Waals surface area contributed by atoms with Gasteiger partial charge in [-0.05, 0) is 42.5 Å². The highest BCUT2D eigenvalue weighted by molar-refractivity contribution is 7.99. The smallest absolute Gasteiger partial charge is 0.335 e. The molecule has 170 valence electrons. The highest BCUT2D eigenvalue weighted by Gasteiger charge is 2.44. The largest absolute Gasteiger partial charge is 0.471 e. The number of rotatable bonds is 4. The van der Waals surface area contributed by atoms with Crippen molar-refractivity contribution in [3.8, 4) is 0 Å². The number of hydrogen-bond donors (Lipinski definition) is 0. The quantitative estimate of drug-likeness (QED) is 0.659. The van der Waals surface area contributed by atoms with E-state index >= 15 is 0 Å². The van der Waals surface area contributed by atoms with E-state index in [9.17, 15) is 22.8 Å². The van der Waals surface area contributed by atoms with E-state index in [2.05, 4.69) is 4.90 Å². The van der Waals surface area contributed by atoms with Crippen molar-refractivity contribution in [1.29, 1.82) is 0 Å². The van der Waals surface area contributed by atoms with Crippen LogP contribution in [0.15, 0.2) is 58.3 Å². The van der Waals surface area contributed by atoms with Gasteiger partial charge in [0.05, 0.1) is 0 Å². The summed E-state index contributed by atoms with van der Waals surface area (Å²) < 4.78 is 37.7. The van der Waals surface area contributed by atoms with Crippen molar-refractivity contribution in [3.05, 3.63) is 59.1 Å². The minimum absolute atomic E-state index is 0.0501. The predicted molar refractivity (Wildman–Crippen MR) is 116 cm³/mol. The highest BCUT2D eigenvalue weighted by atomic mass is 35.5. The Bertz CT molecular complexity index is 989. The fraction of sp³-hybridized carbons (Fsp3) is 0.364. The zero-order valence-corrected chi connectivity index (χ0v) is 18.6. The molecule has 4 rings (SSSR count). The average molecular weight is 484 g/mol. The van der Waals surface area contributed by atoms with Crippen molar-refractivity contribution in [2.75, 3.05) is 39.3 Å². The molecule has 0 saturated carbocycles. The Hall–Kier alpha value is -2.23. The maximum absolute atomic E-state index is 12.7. The van der Waals surface area contributed by atoms with E-state index in [0.717, 1.165) is 14.7 Å². The van der Waals surface area contributed by atoms with Crippen molar-refractivity contribution in [3.63, 3.8) is 0 Å². The molecule has 5 nitrogen and oxygen atoms in total. The molecule has 2 aliphatic heterocycles. The Morgan fingerprint density at radius 1 is 0.906 bits per heavy atom. The Labute approximate surface area is 193 Å². The molecule has 0 spiro atoms. The summed E-state index contributed by atoms with van der Waals surface area (Å²) in [6, 6.07) is 15.0. The first-order chi connectivity index (χ1) is 15.2. The molecule has 10 heteroatoms. The van der Waals surface area contributed by atoms with Crippen LogP contribution in [-0.4, -0.2) is 78.0 Å². The summed E-state index contributed by atoms with van der Waals surface area (Å²) in [5, 5.41) is 0.669. The van der Waals surface area contributed by atoms with Gasteiger partial charge in [-0.15, -0.1) is 0 Å². The lowest BCUT2D eigenvalue weighted by Crippen LogP contribution is -2.65. The molecule has 2 aliphatic rings. The van der Waals surface area contributed by atoms with Gasteiger partial charge < -0.3 is 9.80 Å². The van der Waals surface area contributed by atoms with E-state index in [-0.39, 0.29) is 25.0 Å². The van der Waals surface area contributed by atoms with E-state index < -0.39 is 12.1 Å². The van der Waals surface area contributed by atoms with Crippen LogP contribution in [0, 0.1) is 0 Å². The number of likely N-dealkylation sites (tertiary alicyclic amines) is 1. The standard InChI is InChI=1S/C22H21ClF3N3O2S/c23-16-2-1-3-19(12-16)32-18-6-4-15(5-7-18)20(30)29-13-17(14-29)27-8-10-28(11-9-27)21(31)22(24,25)26/h1-7,12,17H,8-11,13-14H2. The molecule has 0 aromatic heterocycles. The number of amides is 2. The number of nitrogens with zero attached hydrogens (tertiary/aromatic N) is 3. The molecule has 0 unspecified atom stereocenters. The second kappa shape index (κ2) is 9.33. The third kappa shape index (κ3) is 5.22. The molecular weight excluding hydrogens is 463 g/mol. The van der Waals surface area contributed by atoms with Gasteiger partial charge in [-0.3, -0.25) is 14.5 Å². The van der Waals surface area contributed by atoms with Crippen molar-refractivity contribution in [2.24, 2.45) is 0 Å². The molecule has 2 fully saturated rings. The lowest BCUT2D eigenvalue weighted by atomic mass is 10.0. The third-order valence-corrected chi connectivity index (χ3v) is 6.88. The SMILES string of the molecule is O=C(c1ccc(Sc2cccc(Cl)c2)cc1)N1CC(N2CCN(C(=O)C(F)(F)F)CC2)C1. The number of benzene rings is 2. The molecule has 0 radical (unpaired) electrons. The number of hydrogen-bond acceptors (Lipinski definition) is 4. The van der Waals surface area contributed by atoms with Crippen molar-refractivity contribution >= 4 is 35.2 Å². The first kappa shape index (κ1) is 22.9. The number of halogens is 4. The van der Waals surface area contributed by atoms with Crippen LogP contribution in [-0.2, 0) is 4.79 Å². The van der Waals surface area contributed by atoms with E-state index in [0.29, 0.717) is 36.8 Å². The number of carbonyl (C=O) groups excluding carboxylic acids is 2. The van der Waals surface area contributed by atoms with Crippen molar-refractivity contribution in [2.45, 2.75) is 22.0 Å². The molecule has 2 saturated heterocycles. The van der Waals surface area contributed by atoms with Crippen LogP contribution in [0.2, 0.25) is 5.02 Å². The summed E-state index contributed by atoms with van der Waals surface area (Å²) in [6.45, 7) is 1.92. The first-order valence-corrected chi connectivity index (χ1v) is 11.3. The number of piperazine rings is 1. The molecule has 2 amide bonds. The van der Waals surface area contributed by atoms with Gasteiger partial charge >= 0.3 is 12.1 Å². The summed E-state index contributed by atoms with van der Waals surface area (Å²) in [5.41, 5.74) is 0.597. The van der Waals surface area contributed by atoms with Crippen LogP contribution in [0.25, 0.3) is 0 Å². The fourth-order valence-corrected chi connectivity index (χ4v) is 4.97. The van der Waals surface area contributed by atoms with E-state index in [4.69, 9.17) is 11.6 Å². The highest BCUT2D eigenvalue weighted by Crippen LogP contribution is 2.30. The molecule has 32 heavy (non-hydrogen) atoms. The molecule has 0 atom stereocenters. The maximum atomic E-state index is 12.7. The van der Waals surface area contributed by atoms with Gasteiger partial charge in [0.1, 0.15) is 0 Å². The summed E-state index contributed by atoms with van der Waals surface area (Å²) in [5.74, 6) is -1.84. The van der Waals surface area contributed by atoms with Gasteiger partial charge in [-0.2, -0.15) is 13.2 Å². The molecule has 0 aliphatic carbocycles. The van der Waals surface area contributed by atoms with Gasteiger partial charge in [0, 0.05) is 65.7 Å². The predicted octanol–water partition coefficient (Wildman–Crippen LogP) is 4.02. The van der Waals surface area contributed by atoms with Crippen molar-refractivity contribution < 1.29 is 22.8 Å². The van der Waals surface area contributed by atoms with Crippen LogP contribution >= 0.6 is 23.4 Å². The first-order valence-electron chi connectivity index (χ1n) is 10.1. The van der Waals surface area contributed by atoms with Gasteiger partial charge in [0.25, 0.3) is 5.91 Å². The van der Waals surface area contributed by atoms with Crippen LogP contribution < -0.4 is 0 Å². The van der Waals surface area contributed by atoms with Crippen molar-refractivity contribution in [1.82, 2.24) is 14.7 Å². The molecule has 2 aromatic rings. The van der Waals surface area contributed by atoms with Gasteiger partial charge in [-0.25, -0.2) is 0 Å². The van der Waals surface area contributed by atoms with E-state index in [1.54, 1.807) is 28.8 Å². The van der Waals surface area contributed by atoms with Gasteiger partial charge in [-0.1, -0.05) is 29.4 Å². The maximum Gasteiger partial charge on any atom is 0.471 e. The summed E-state index contributed by atoms with van der Waals surface area (Å²) in [7, 11) is 0. The minimum Gasteiger partial charge on any atom is -0.335 e. The molecule has 2 heterocycles.